The molecular formula is C18H17NO8S. The Balaban J connectivity index is 1.97. The molecule has 0 unspecified atom stereocenters. The van der Waals surface area contributed by atoms with Gasteiger partial charge in [-0.3, -0.25) is 14.7 Å². The lowest BCUT2D eigenvalue weighted by molar-refractivity contribution is -0.385. The maximum atomic E-state index is 11.6. The molecule has 1 heterocycles. The van der Waals surface area contributed by atoms with Gasteiger partial charge in [0, 0.05) is 18.9 Å². The Morgan fingerprint density at radius 3 is 2.71 bits per heavy atom. The molecule has 148 valence electrons. The van der Waals surface area contributed by atoms with E-state index in [1.165, 1.54) is 18.2 Å². The van der Waals surface area contributed by atoms with Crippen molar-refractivity contribution in [2.24, 2.45) is 0 Å². The third-order valence-electron chi connectivity index (χ3n) is 4.33. The van der Waals surface area contributed by atoms with Crippen LogP contribution in [0.15, 0.2) is 35.2 Å². The van der Waals surface area contributed by atoms with E-state index in [2.05, 4.69) is 0 Å². The number of fused-ring (bicyclic) bond motifs is 1. The summed E-state index contributed by atoms with van der Waals surface area (Å²) < 4.78 is 44.2. The minimum Gasteiger partial charge on any atom is -0.486 e. The summed E-state index contributed by atoms with van der Waals surface area (Å²) in [7, 11) is -4.43. The quantitative estimate of drug-likeness (QED) is 0.334. The van der Waals surface area contributed by atoms with Gasteiger partial charge in [0.05, 0.1) is 15.4 Å². The molecule has 0 spiro atoms. The number of ether oxygens (including phenoxy) is 2. The molecule has 28 heavy (non-hydrogen) atoms. The summed E-state index contributed by atoms with van der Waals surface area (Å²) in [5, 5.41) is 11.2. The summed E-state index contributed by atoms with van der Waals surface area (Å²) in [6, 6.07) is 7.13. The van der Waals surface area contributed by atoms with Crippen molar-refractivity contribution in [1.29, 1.82) is 0 Å². The van der Waals surface area contributed by atoms with Gasteiger partial charge in [0.25, 0.3) is 15.8 Å². The Bertz CT molecular complexity index is 1050. The van der Waals surface area contributed by atoms with E-state index < -0.39 is 21.1 Å². The number of carbonyl (C=O) groups is 1. The molecule has 0 fully saturated rings. The van der Waals surface area contributed by atoms with Crippen LogP contribution in [0.3, 0.4) is 0 Å². The molecule has 3 rings (SSSR count). The SMILES string of the molecule is Cc1ccc(S(=O)(=O)O)c(C[C@@H]2COc3ccc([N+](=O)[O-])c(CC=O)c3O2)c1. The summed E-state index contributed by atoms with van der Waals surface area (Å²) in [6.07, 6.45) is -0.273. The van der Waals surface area contributed by atoms with Gasteiger partial charge in [0.15, 0.2) is 11.5 Å². The number of aldehydes is 1. The van der Waals surface area contributed by atoms with Gasteiger partial charge in [-0.05, 0) is 24.6 Å². The summed E-state index contributed by atoms with van der Waals surface area (Å²) >= 11 is 0. The van der Waals surface area contributed by atoms with Gasteiger partial charge >= 0.3 is 0 Å². The minimum absolute atomic E-state index is 0.0736. The van der Waals surface area contributed by atoms with E-state index in [0.29, 0.717) is 11.8 Å². The molecule has 1 aliphatic rings. The van der Waals surface area contributed by atoms with Gasteiger partial charge in [0.1, 0.15) is 19.0 Å². The van der Waals surface area contributed by atoms with E-state index in [1.54, 1.807) is 19.1 Å². The predicted octanol–water partition coefficient (Wildman–Crippen LogP) is 2.27. The van der Waals surface area contributed by atoms with E-state index in [4.69, 9.17) is 9.47 Å². The Morgan fingerprint density at radius 2 is 2.07 bits per heavy atom. The second kappa shape index (κ2) is 7.56. The summed E-state index contributed by atoms with van der Waals surface area (Å²) in [4.78, 5) is 21.4. The van der Waals surface area contributed by atoms with Crippen LogP contribution in [0.4, 0.5) is 5.69 Å². The Labute approximate surface area is 160 Å². The molecule has 0 saturated carbocycles. The number of benzene rings is 2. The van der Waals surface area contributed by atoms with E-state index in [-0.39, 0.29) is 47.1 Å². The van der Waals surface area contributed by atoms with Crippen LogP contribution in [0, 0.1) is 17.0 Å². The number of nitrogens with zero attached hydrogens (tertiary/aromatic N) is 1. The topological polar surface area (TPSA) is 133 Å². The Hall–Kier alpha value is -2.98. The molecule has 1 aliphatic heterocycles. The van der Waals surface area contributed by atoms with Gasteiger partial charge in [-0.15, -0.1) is 0 Å². The molecule has 2 aromatic carbocycles. The minimum atomic E-state index is -4.43. The molecule has 0 saturated heterocycles. The normalized spacial score (nSPS) is 15.9. The van der Waals surface area contributed by atoms with Crippen molar-refractivity contribution < 1.29 is 32.2 Å². The largest absolute Gasteiger partial charge is 0.486 e. The predicted molar refractivity (Wildman–Crippen MR) is 97.5 cm³/mol. The van der Waals surface area contributed by atoms with Crippen LogP contribution in [0.5, 0.6) is 11.5 Å². The lowest BCUT2D eigenvalue weighted by Crippen LogP contribution is -2.32. The first-order valence-corrected chi connectivity index (χ1v) is 9.75. The van der Waals surface area contributed by atoms with E-state index in [1.807, 2.05) is 0 Å². The van der Waals surface area contributed by atoms with Crippen LogP contribution < -0.4 is 9.47 Å². The number of nitro groups is 1. The fourth-order valence-corrected chi connectivity index (χ4v) is 3.85. The standard InChI is InChI=1S/C18H17NO8S/c1-11-2-5-17(28(23,24)25)12(8-11)9-13-10-26-16-4-3-15(19(21)22)14(6-7-20)18(16)27-13/h2-5,7-8,13H,6,9-10H2,1H3,(H,23,24,25)/t13-/m1/s1. The second-order valence-electron chi connectivity index (χ2n) is 6.36. The van der Waals surface area contributed by atoms with E-state index >= 15 is 0 Å². The first-order chi connectivity index (χ1) is 13.2. The molecule has 0 bridgehead atoms. The zero-order chi connectivity index (χ0) is 20.5. The molecule has 2 aromatic rings. The summed E-state index contributed by atoms with van der Waals surface area (Å²) in [6.45, 7) is 1.85. The van der Waals surface area contributed by atoms with Gasteiger partial charge in [0.2, 0.25) is 0 Å². The number of rotatable bonds is 6. The molecule has 1 N–H and O–H groups in total. The van der Waals surface area contributed by atoms with Gasteiger partial charge in [-0.2, -0.15) is 8.42 Å². The summed E-state index contributed by atoms with van der Waals surface area (Å²) in [5.41, 5.74) is 0.962. The van der Waals surface area contributed by atoms with Crippen molar-refractivity contribution in [3.8, 4) is 11.5 Å². The molecule has 1 atom stereocenters. The Morgan fingerprint density at radius 1 is 1.32 bits per heavy atom. The van der Waals surface area contributed by atoms with Crippen LogP contribution in [0.2, 0.25) is 0 Å². The van der Waals surface area contributed by atoms with Gasteiger partial charge in [-0.25, -0.2) is 0 Å². The lowest BCUT2D eigenvalue weighted by Gasteiger charge is -2.28. The third kappa shape index (κ3) is 3.97. The number of nitro benzene ring substituents is 1. The molecule has 0 aromatic heterocycles. The summed E-state index contributed by atoms with van der Waals surface area (Å²) in [5.74, 6) is 0.372. The van der Waals surface area contributed by atoms with Crippen LogP contribution in [0.25, 0.3) is 0 Å². The monoisotopic (exact) mass is 407 g/mol. The zero-order valence-corrected chi connectivity index (χ0v) is 15.6. The number of aryl methyl sites for hydroxylation is 1. The van der Waals surface area contributed by atoms with Crippen molar-refractivity contribution in [2.75, 3.05) is 6.61 Å². The van der Waals surface area contributed by atoms with E-state index in [9.17, 15) is 27.9 Å². The number of carbonyl (C=O) groups excluding carboxylic acids is 1. The van der Waals surface area contributed by atoms with Crippen LogP contribution >= 0.6 is 0 Å². The highest BCUT2D eigenvalue weighted by Gasteiger charge is 2.30. The van der Waals surface area contributed by atoms with Gasteiger partial charge < -0.3 is 14.3 Å². The fraction of sp³-hybridized carbons (Fsp3) is 0.278. The smallest absolute Gasteiger partial charge is 0.294 e. The van der Waals surface area contributed by atoms with Crippen molar-refractivity contribution in [1.82, 2.24) is 0 Å². The first-order valence-electron chi connectivity index (χ1n) is 8.31. The fourth-order valence-electron chi connectivity index (χ4n) is 3.14. The van der Waals surface area contributed by atoms with E-state index in [0.717, 1.165) is 5.56 Å². The van der Waals surface area contributed by atoms with Gasteiger partial charge in [-0.1, -0.05) is 17.7 Å². The van der Waals surface area contributed by atoms with Crippen molar-refractivity contribution in [2.45, 2.75) is 30.8 Å². The third-order valence-corrected chi connectivity index (χ3v) is 5.29. The zero-order valence-electron chi connectivity index (χ0n) is 14.8. The maximum Gasteiger partial charge on any atom is 0.294 e. The highest BCUT2D eigenvalue weighted by molar-refractivity contribution is 7.85. The highest BCUT2D eigenvalue weighted by Crippen LogP contribution is 2.41. The van der Waals surface area contributed by atoms with Crippen molar-refractivity contribution in [3.05, 3.63) is 57.1 Å². The van der Waals surface area contributed by atoms with Crippen LogP contribution in [-0.2, 0) is 27.8 Å². The van der Waals surface area contributed by atoms with Crippen LogP contribution in [0.1, 0.15) is 16.7 Å². The molecule has 0 aliphatic carbocycles. The second-order valence-corrected chi connectivity index (χ2v) is 7.75. The Kier molecular flexibility index (Phi) is 5.34. The number of hydrogen-bond acceptors (Lipinski definition) is 7. The molecule has 10 heteroatoms. The van der Waals surface area contributed by atoms with Crippen molar-refractivity contribution in [3.63, 3.8) is 0 Å². The highest BCUT2D eigenvalue weighted by atomic mass is 32.2. The average Bonchev–Trinajstić information content (AvgIpc) is 2.61. The van der Waals surface area contributed by atoms with Crippen LogP contribution in [-0.4, -0.2) is 36.9 Å². The van der Waals surface area contributed by atoms with Crippen molar-refractivity contribution >= 4 is 22.1 Å². The molecule has 0 radical (unpaired) electrons. The molecule has 0 amide bonds. The maximum absolute atomic E-state index is 11.6. The first kappa shape index (κ1) is 19.8. The number of hydrogen-bond donors (Lipinski definition) is 1. The lowest BCUT2D eigenvalue weighted by atomic mass is 10.0. The average molecular weight is 407 g/mol. The molecular weight excluding hydrogens is 390 g/mol. The molecule has 9 nitrogen and oxygen atoms in total.